The molecule has 1 amide bonds. The Bertz CT molecular complexity index is 1570. The number of benzene rings is 2. The molecule has 0 aliphatic heterocycles. The lowest BCUT2D eigenvalue weighted by molar-refractivity contribution is 0.102. The van der Waals surface area contributed by atoms with Crippen LogP contribution in [0.5, 0.6) is 0 Å². The number of aryl methyl sites for hydroxylation is 1. The van der Waals surface area contributed by atoms with E-state index in [4.69, 9.17) is 4.52 Å². The lowest BCUT2D eigenvalue weighted by Crippen LogP contribution is -2.12. The summed E-state index contributed by atoms with van der Waals surface area (Å²) in [5.41, 5.74) is 4.83. The minimum absolute atomic E-state index is 0.296. The molecule has 1 aliphatic carbocycles. The van der Waals surface area contributed by atoms with Crippen molar-refractivity contribution in [1.82, 2.24) is 19.8 Å². The molecule has 7 nitrogen and oxygen atoms in total. The second kappa shape index (κ2) is 8.12. The Morgan fingerprint density at radius 2 is 1.83 bits per heavy atom. The van der Waals surface area contributed by atoms with E-state index in [9.17, 15) is 13.6 Å². The maximum atomic E-state index is 13.3. The zero-order valence-electron chi connectivity index (χ0n) is 18.6. The van der Waals surface area contributed by atoms with Crippen LogP contribution in [0.15, 0.2) is 71.5 Å². The lowest BCUT2D eigenvalue weighted by Gasteiger charge is -2.09. The van der Waals surface area contributed by atoms with E-state index < -0.39 is 6.17 Å². The van der Waals surface area contributed by atoms with Gasteiger partial charge in [0.25, 0.3) is 5.91 Å². The Hall–Kier alpha value is -4.40. The van der Waals surface area contributed by atoms with E-state index in [-0.39, 0.29) is 17.6 Å². The third kappa shape index (κ3) is 3.95. The second-order valence-electron chi connectivity index (χ2n) is 8.61. The first-order valence-corrected chi connectivity index (χ1v) is 11.1. The number of aromatic nitrogens is 4. The maximum Gasteiger partial charge on any atom is 0.259 e. The Morgan fingerprint density at radius 3 is 2.60 bits per heavy atom. The van der Waals surface area contributed by atoms with Crippen molar-refractivity contribution in [2.75, 3.05) is 5.32 Å². The van der Waals surface area contributed by atoms with Gasteiger partial charge in [0.05, 0.1) is 23.2 Å². The van der Waals surface area contributed by atoms with Gasteiger partial charge >= 0.3 is 0 Å². The van der Waals surface area contributed by atoms with Gasteiger partial charge in [-0.3, -0.25) is 4.79 Å². The van der Waals surface area contributed by atoms with Crippen LogP contribution in [0, 0.1) is 12.7 Å². The summed E-state index contributed by atoms with van der Waals surface area (Å²) in [5, 5.41) is 11.2. The van der Waals surface area contributed by atoms with Crippen molar-refractivity contribution in [3.05, 3.63) is 89.8 Å². The summed E-state index contributed by atoms with van der Waals surface area (Å²) >= 11 is 0. The Labute approximate surface area is 198 Å². The van der Waals surface area contributed by atoms with E-state index in [0.29, 0.717) is 40.5 Å². The van der Waals surface area contributed by atoms with E-state index in [1.807, 2.05) is 25.1 Å². The van der Waals surface area contributed by atoms with Crippen molar-refractivity contribution in [3.63, 3.8) is 0 Å². The van der Waals surface area contributed by atoms with Crippen LogP contribution >= 0.6 is 0 Å². The van der Waals surface area contributed by atoms with E-state index in [1.165, 1.54) is 18.3 Å². The molecule has 1 fully saturated rings. The van der Waals surface area contributed by atoms with Crippen LogP contribution in [0.2, 0.25) is 0 Å². The average Bonchev–Trinajstić information content (AvgIpc) is 3.24. The number of amides is 1. The summed E-state index contributed by atoms with van der Waals surface area (Å²) in [7, 11) is 0. The first kappa shape index (κ1) is 21.2. The SMILES string of the molecule is Cc1ccc(-c2noc([C@H]3C[C@@H]3F)n2)cc1NC(=O)c1cnn2cc(-c3ccc(F)cc3)ccc12. The quantitative estimate of drug-likeness (QED) is 0.362. The molecule has 1 aliphatic rings. The fraction of sp³-hybridized carbons (Fsp3) is 0.154. The van der Waals surface area contributed by atoms with Crippen LogP contribution in [-0.4, -0.2) is 31.8 Å². The third-order valence-electron chi connectivity index (χ3n) is 6.15. The molecule has 0 saturated heterocycles. The maximum absolute atomic E-state index is 13.3. The van der Waals surface area contributed by atoms with Gasteiger partial charge in [-0.05, 0) is 48.7 Å². The highest BCUT2D eigenvalue weighted by Gasteiger charge is 2.43. The van der Waals surface area contributed by atoms with Crippen molar-refractivity contribution < 1.29 is 18.1 Å². The molecule has 3 heterocycles. The minimum Gasteiger partial charge on any atom is -0.339 e. The number of carbonyl (C=O) groups is 1. The summed E-state index contributed by atoms with van der Waals surface area (Å²) in [6, 6.07) is 15.3. The minimum atomic E-state index is -0.922. The first-order chi connectivity index (χ1) is 17.0. The van der Waals surface area contributed by atoms with Crippen molar-refractivity contribution in [3.8, 4) is 22.5 Å². The second-order valence-corrected chi connectivity index (χ2v) is 8.61. The van der Waals surface area contributed by atoms with Crippen molar-refractivity contribution in [2.45, 2.75) is 25.4 Å². The number of fused-ring (bicyclic) bond motifs is 1. The summed E-state index contributed by atoms with van der Waals surface area (Å²) in [4.78, 5) is 17.4. The van der Waals surface area contributed by atoms with Gasteiger partial charge in [0.1, 0.15) is 12.0 Å². The van der Waals surface area contributed by atoms with Crippen LogP contribution in [-0.2, 0) is 0 Å². The molecule has 9 heteroatoms. The molecular weight excluding hydrogens is 452 g/mol. The van der Waals surface area contributed by atoms with Gasteiger partial charge in [-0.2, -0.15) is 10.1 Å². The molecule has 0 radical (unpaired) electrons. The van der Waals surface area contributed by atoms with Gasteiger partial charge in [-0.15, -0.1) is 0 Å². The first-order valence-electron chi connectivity index (χ1n) is 11.1. The number of anilines is 1. The predicted molar refractivity (Wildman–Crippen MR) is 125 cm³/mol. The molecule has 1 saturated carbocycles. The normalized spacial score (nSPS) is 17.0. The molecule has 6 rings (SSSR count). The number of halogens is 2. The van der Waals surface area contributed by atoms with E-state index in [0.717, 1.165) is 16.7 Å². The molecule has 2 aromatic carbocycles. The largest absolute Gasteiger partial charge is 0.339 e. The number of hydrogen-bond donors (Lipinski definition) is 1. The summed E-state index contributed by atoms with van der Waals surface area (Å²) < 4.78 is 33.4. The molecule has 0 spiro atoms. The third-order valence-corrected chi connectivity index (χ3v) is 6.15. The van der Waals surface area contributed by atoms with Gasteiger partial charge in [0.2, 0.25) is 11.7 Å². The standard InChI is InChI=1S/C26H19F2N5O2/c1-14-2-3-16(24-31-26(35-32-24)19-11-21(19)28)10-22(14)30-25(34)20-12-29-33-13-17(6-9-23(20)33)15-4-7-18(27)8-5-15/h2-10,12-13,19,21H,11H2,1H3,(H,30,34)/t19-,21-/m0/s1. The van der Waals surface area contributed by atoms with Crippen molar-refractivity contribution in [1.29, 1.82) is 0 Å². The molecule has 5 aromatic rings. The van der Waals surface area contributed by atoms with Gasteiger partial charge < -0.3 is 9.84 Å². The van der Waals surface area contributed by atoms with E-state index in [1.54, 1.807) is 35.0 Å². The van der Waals surface area contributed by atoms with Crippen LogP contribution in [0.3, 0.4) is 0 Å². The number of rotatable bonds is 5. The molecule has 174 valence electrons. The lowest BCUT2D eigenvalue weighted by atomic mass is 10.1. The van der Waals surface area contributed by atoms with Gasteiger partial charge in [-0.1, -0.05) is 35.5 Å². The van der Waals surface area contributed by atoms with Gasteiger partial charge in [0, 0.05) is 23.0 Å². The highest BCUT2D eigenvalue weighted by atomic mass is 19.1. The number of alkyl halides is 1. The molecular formula is C26H19F2N5O2. The number of hydrogen-bond acceptors (Lipinski definition) is 5. The monoisotopic (exact) mass is 471 g/mol. The molecule has 1 N–H and O–H groups in total. The van der Waals surface area contributed by atoms with Crippen molar-refractivity contribution >= 4 is 17.1 Å². The number of nitrogens with zero attached hydrogens (tertiary/aromatic N) is 4. The van der Waals surface area contributed by atoms with Gasteiger partial charge in [-0.25, -0.2) is 13.3 Å². The summed E-state index contributed by atoms with van der Waals surface area (Å²) in [5.74, 6) is -0.297. The van der Waals surface area contributed by atoms with Crippen LogP contribution in [0.4, 0.5) is 14.5 Å². The molecule has 3 aromatic heterocycles. The Kier molecular flexibility index (Phi) is 4.91. The Morgan fingerprint density at radius 1 is 1.09 bits per heavy atom. The van der Waals surface area contributed by atoms with Crippen LogP contribution in [0.25, 0.3) is 28.0 Å². The van der Waals surface area contributed by atoms with Gasteiger partial charge in [0.15, 0.2) is 0 Å². The molecule has 2 atom stereocenters. The zero-order valence-corrected chi connectivity index (χ0v) is 18.6. The fourth-order valence-electron chi connectivity index (χ4n) is 3.98. The molecule has 0 unspecified atom stereocenters. The molecule has 35 heavy (non-hydrogen) atoms. The predicted octanol–water partition coefficient (Wildman–Crippen LogP) is 5.58. The molecule has 0 bridgehead atoms. The average molecular weight is 471 g/mol. The van der Waals surface area contributed by atoms with Crippen LogP contribution < -0.4 is 5.32 Å². The fourth-order valence-corrected chi connectivity index (χ4v) is 3.98. The number of carbonyl (C=O) groups excluding carboxylic acids is 1. The summed E-state index contributed by atoms with van der Waals surface area (Å²) in [6.07, 6.45) is 2.78. The number of pyridine rings is 1. The zero-order chi connectivity index (χ0) is 24.1. The Balaban J connectivity index is 1.25. The van der Waals surface area contributed by atoms with E-state index >= 15 is 0 Å². The number of nitrogens with one attached hydrogen (secondary N) is 1. The smallest absolute Gasteiger partial charge is 0.259 e. The topological polar surface area (TPSA) is 85.3 Å². The highest BCUT2D eigenvalue weighted by molar-refractivity contribution is 6.09. The highest BCUT2D eigenvalue weighted by Crippen LogP contribution is 2.43. The van der Waals surface area contributed by atoms with E-state index in [2.05, 4.69) is 20.6 Å². The van der Waals surface area contributed by atoms with Crippen LogP contribution in [0.1, 0.15) is 34.2 Å². The summed E-state index contributed by atoms with van der Waals surface area (Å²) in [6.45, 7) is 1.88. The van der Waals surface area contributed by atoms with Crippen molar-refractivity contribution in [2.24, 2.45) is 0 Å².